The zero-order valence-corrected chi connectivity index (χ0v) is 10.7. The van der Waals surface area contributed by atoms with Crippen LogP contribution in [-0.4, -0.2) is 24.2 Å². The summed E-state index contributed by atoms with van der Waals surface area (Å²) in [5, 5.41) is 5.80. The Hall–Kier alpha value is -1.35. The van der Waals surface area contributed by atoms with Crippen LogP contribution < -0.4 is 0 Å². The van der Waals surface area contributed by atoms with Gasteiger partial charge in [0.1, 0.15) is 0 Å². The van der Waals surface area contributed by atoms with Crippen LogP contribution in [0.2, 0.25) is 5.02 Å². The average Bonchev–Trinajstić information content (AvgIpc) is 3.12. The minimum atomic E-state index is -0.143. The Balaban J connectivity index is 2.39. The van der Waals surface area contributed by atoms with Gasteiger partial charge in [-0.2, -0.15) is 5.10 Å². The van der Waals surface area contributed by atoms with Crippen LogP contribution in [0.5, 0.6) is 0 Å². The summed E-state index contributed by atoms with van der Waals surface area (Å²) in [4.78, 5) is 12.2. The monoisotopic (exact) mass is 250 g/mol. The third-order valence-corrected chi connectivity index (χ3v) is 3.17. The Morgan fingerprint density at radius 1 is 1.53 bits per heavy atom. The summed E-state index contributed by atoms with van der Waals surface area (Å²) >= 11 is 6.14. The van der Waals surface area contributed by atoms with E-state index in [1.165, 1.54) is 5.01 Å². The first-order chi connectivity index (χ1) is 8.15. The number of hydrazone groups is 1. The first-order valence-electron chi connectivity index (χ1n) is 5.70. The highest BCUT2D eigenvalue weighted by Gasteiger charge is 2.30. The molecule has 0 N–H and O–H groups in total. The second-order valence-electron chi connectivity index (χ2n) is 4.18. The summed E-state index contributed by atoms with van der Waals surface area (Å²) in [5.74, 6) is 0.349. The zero-order valence-electron chi connectivity index (χ0n) is 9.98. The van der Waals surface area contributed by atoms with E-state index in [-0.39, 0.29) is 5.91 Å². The predicted octanol–water partition coefficient (Wildman–Crippen LogP) is 3.30. The average molecular weight is 251 g/mol. The first-order valence-corrected chi connectivity index (χ1v) is 6.08. The fraction of sp³-hybridized carbons (Fsp3) is 0.385. The van der Waals surface area contributed by atoms with E-state index in [1.54, 1.807) is 26.3 Å². The van der Waals surface area contributed by atoms with Gasteiger partial charge in [-0.25, -0.2) is 5.01 Å². The van der Waals surface area contributed by atoms with Gasteiger partial charge in [0.05, 0.1) is 10.6 Å². The molecular weight excluding hydrogens is 236 g/mol. The molecule has 0 aromatic heterocycles. The van der Waals surface area contributed by atoms with E-state index in [4.69, 9.17) is 11.6 Å². The van der Waals surface area contributed by atoms with Crippen LogP contribution in [0.3, 0.4) is 0 Å². The Kier molecular flexibility index (Phi) is 3.48. The van der Waals surface area contributed by atoms with Gasteiger partial charge < -0.3 is 0 Å². The number of carbonyl (C=O) groups excluding carboxylic acids is 1. The number of nitrogens with zero attached hydrogens (tertiary/aromatic N) is 2. The van der Waals surface area contributed by atoms with Gasteiger partial charge in [-0.3, -0.25) is 4.79 Å². The normalized spacial score (nSPS) is 15.2. The van der Waals surface area contributed by atoms with Crippen molar-refractivity contribution in [3.8, 4) is 0 Å². The van der Waals surface area contributed by atoms with Crippen molar-refractivity contribution >= 4 is 23.7 Å². The van der Waals surface area contributed by atoms with Gasteiger partial charge in [0.25, 0.3) is 5.91 Å². The maximum absolute atomic E-state index is 12.2. The summed E-state index contributed by atoms with van der Waals surface area (Å²) in [6, 6.07) is 5.64. The lowest BCUT2D eigenvalue weighted by atomic mass is 10.0. The van der Waals surface area contributed by atoms with Crippen LogP contribution in [0.4, 0.5) is 0 Å². The van der Waals surface area contributed by atoms with Crippen molar-refractivity contribution < 1.29 is 4.79 Å². The molecule has 90 valence electrons. The quantitative estimate of drug-likeness (QED) is 0.599. The van der Waals surface area contributed by atoms with E-state index in [0.29, 0.717) is 16.5 Å². The summed E-state index contributed by atoms with van der Waals surface area (Å²) in [7, 11) is 1.64. The standard InChI is InChI=1S/C13H15ClN2O/c1-3-15-16(2)13(17)12-10(9-7-8-9)5-4-6-11(12)14/h3-6,9H,7-8H2,1-2H3/b15-3-. The van der Waals surface area contributed by atoms with Crippen molar-refractivity contribution in [3.63, 3.8) is 0 Å². The minimum absolute atomic E-state index is 0.143. The Morgan fingerprint density at radius 3 is 2.82 bits per heavy atom. The third-order valence-electron chi connectivity index (χ3n) is 2.86. The molecule has 0 radical (unpaired) electrons. The Bertz CT molecular complexity index is 466. The van der Waals surface area contributed by atoms with Gasteiger partial charge in [-0.1, -0.05) is 23.7 Å². The van der Waals surface area contributed by atoms with Crippen LogP contribution in [0.15, 0.2) is 23.3 Å². The van der Waals surface area contributed by atoms with E-state index in [9.17, 15) is 4.79 Å². The van der Waals surface area contributed by atoms with Crippen molar-refractivity contribution in [2.45, 2.75) is 25.7 Å². The SMILES string of the molecule is C/C=N\N(C)C(=O)c1c(Cl)cccc1C1CC1. The molecule has 2 rings (SSSR count). The fourth-order valence-corrected chi connectivity index (χ4v) is 2.15. The molecule has 17 heavy (non-hydrogen) atoms. The molecule has 0 unspecified atom stereocenters. The number of halogens is 1. The molecule has 1 aliphatic rings. The molecule has 1 aromatic rings. The molecular formula is C13H15ClN2O. The number of hydrogen-bond donors (Lipinski definition) is 0. The molecule has 1 saturated carbocycles. The van der Waals surface area contributed by atoms with E-state index in [2.05, 4.69) is 5.10 Å². The highest BCUT2D eigenvalue weighted by molar-refractivity contribution is 6.34. The molecule has 0 bridgehead atoms. The molecule has 0 spiro atoms. The number of amides is 1. The number of hydrogen-bond acceptors (Lipinski definition) is 2. The highest BCUT2D eigenvalue weighted by atomic mass is 35.5. The van der Waals surface area contributed by atoms with Crippen LogP contribution in [0.25, 0.3) is 0 Å². The summed E-state index contributed by atoms with van der Waals surface area (Å²) in [6.07, 6.45) is 3.87. The zero-order chi connectivity index (χ0) is 12.4. The topological polar surface area (TPSA) is 32.7 Å². The summed E-state index contributed by atoms with van der Waals surface area (Å²) < 4.78 is 0. The maximum Gasteiger partial charge on any atom is 0.275 e. The van der Waals surface area contributed by atoms with Crippen LogP contribution in [-0.2, 0) is 0 Å². The molecule has 3 nitrogen and oxygen atoms in total. The number of carbonyl (C=O) groups is 1. The maximum atomic E-state index is 12.2. The van der Waals surface area contributed by atoms with Gasteiger partial charge in [-0.15, -0.1) is 0 Å². The molecule has 4 heteroatoms. The first kappa shape index (κ1) is 12.1. The van der Waals surface area contributed by atoms with E-state index < -0.39 is 0 Å². The largest absolute Gasteiger partial charge is 0.275 e. The van der Waals surface area contributed by atoms with Gasteiger partial charge in [0.2, 0.25) is 0 Å². The van der Waals surface area contributed by atoms with E-state index in [0.717, 1.165) is 18.4 Å². The predicted molar refractivity (Wildman–Crippen MR) is 69.7 cm³/mol. The summed E-state index contributed by atoms with van der Waals surface area (Å²) in [6.45, 7) is 1.78. The second kappa shape index (κ2) is 4.88. The van der Waals surface area contributed by atoms with Crippen molar-refractivity contribution in [3.05, 3.63) is 34.3 Å². The van der Waals surface area contributed by atoms with Gasteiger partial charge >= 0.3 is 0 Å². The molecule has 0 atom stereocenters. The second-order valence-corrected chi connectivity index (χ2v) is 4.59. The Morgan fingerprint density at radius 2 is 2.24 bits per heavy atom. The van der Waals surface area contributed by atoms with Gasteiger partial charge in [-0.05, 0) is 37.3 Å². The highest BCUT2D eigenvalue weighted by Crippen LogP contribution is 2.43. The lowest BCUT2D eigenvalue weighted by Gasteiger charge is -2.15. The van der Waals surface area contributed by atoms with Crippen molar-refractivity contribution in [2.24, 2.45) is 5.10 Å². The fourth-order valence-electron chi connectivity index (χ4n) is 1.89. The van der Waals surface area contributed by atoms with E-state index in [1.807, 2.05) is 12.1 Å². The third kappa shape index (κ3) is 2.50. The molecule has 1 aromatic carbocycles. The van der Waals surface area contributed by atoms with E-state index >= 15 is 0 Å². The van der Waals surface area contributed by atoms with Crippen LogP contribution in [0, 0.1) is 0 Å². The number of rotatable bonds is 3. The van der Waals surface area contributed by atoms with Gasteiger partial charge in [0.15, 0.2) is 0 Å². The van der Waals surface area contributed by atoms with Crippen molar-refractivity contribution in [1.82, 2.24) is 5.01 Å². The molecule has 0 aliphatic heterocycles. The number of benzene rings is 1. The Labute approximate surface area is 106 Å². The molecule has 0 saturated heterocycles. The van der Waals surface area contributed by atoms with Crippen LogP contribution in [0.1, 0.15) is 41.6 Å². The van der Waals surface area contributed by atoms with Crippen molar-refractivity contribution in [2.75, 3.05) is 7.05 Å². The molecule has 0 heterocycles. The molecule has 1 amide bonds. The molecule has 1 aliphatic carbocycles. The molecule has 1 fully saturated rings. The van der Waals surface area contributed by atoms with Crippen molar-refractivity contribution in [1.29, 1.82) is 0 Å². The van der Waals surface area contributed by atoms with Gasteiger partial charge in [0, 0.05) is 13.3 Å². The lowest BCUT2D eigenvalue weighted by Crippen LogP contribution is -2.22. The summed E-state index contributed by atoms with van der Waals surface area (Å²) in [5.41, 5.74) is 1.66. The lowest BCUT2D eigenvalue weighted by molar-refractivity contribution is 0.0799. The van der Waals surface area contributed by atoms with Crippen LogP contribution >= 0.6 is 11.6 Å². The minimum Gasteiger partial charge on any atom is -0.267 e. The smallest absolute Gasteiger partial charge is 0.267 e.